The van der Waals surface area contributed by atoms with E-state index in [1.54, 1.807) is 12.2 Å². The van der Waals surface area contributed by atoms with Crippen molar-refractivity contribution in [3.63, 3.8) is 0 Å². The van der Waals surface area contributed by atoms with Crippen LogP contribution in [0.2, 0.25) is 0 Å². The summed E-state index contributed by atoms with van der Waals surface area (Å²) in [5.74, 6) is -0.374. The van der Waals surface area contributed by atoms with Gasteiger partial charge in [0.1, 0.15) is 12.7 Å². The summed E-state index contributed by atoms with van der Waals surface area (Å²) in [6, 6.07) is 0. The molecule has 0 heterocycles. The molecule has 5 N–H and O–H groups in total. The van der Waals surface area contributed by atoms with Gasteiger partial charge in [0.2, 0.25) is 0 Å². The Kier molecular flexibility index (Phi) is 40.2. The number of esters is 2. The molecule has 0 aliphatic heterocycles. The number of ether oxygens (including phenoxy) is 2. The Balaban J connectivity index is 4.63. The van der Waals surface area contributed by atoms with Crippen molar-refractivity contribution >= 4 is 27.6 Å². The van der Waals surface area contributed by atoms with Crippen LogP contribution in [0.25, 0.3) is 0 Å². The highest BCUT2D eigenvalue weighted by Crippen LogP contribution is 2.43. The summed E-state index contributed by atoms with van der Waals surface area (Å²) in [6.07, 6.45) is 38.4. The fraction of sp³-hybridized carbons (Fsp3) is 0.787. The third-order valence-corrected chi connectivity index (χ3v) is 11.8. The summed E-state index contributed by atoms with van der Waals surface area (Å²) in [5, 5.41) is 20.1. The molecule has 0 amide bonds. The summed E-state index contributed by atoms with van der Waals surface area (Å²) in [4.78, 5) is 52.8. The maximum Gasteiger partial charge on any atom is 0.472 e. The first-order valence-corrected chi connectivity index (χ1v) is 26.9. The van der Waals surface area contributed by atoms with Crippen LogP contribution in [0.3, 0.4) is 0 Å². The number of aliphatic hydroxyl groups is 2. The van der Waals surface area contributed by atoms with Crippen molar-refractivity contribution in [1.29, 1.82) is 0 Å². The van der Waals surface area contributed by atoms with Gasteiger partial charge in [-0.15, -0.1) is 0 Å². The summed E-state index contributed by atoms with van der Waals surface area (Å²) < 4.78 is 47.7. The number of rotatable bonds is 44. The van der Waals surface area contributed by atoms with E-state index in [0.29, 0.717) is 6.42 Å². The predicted octanol–water partition coefficient (Wildman–Crippen LogP) is 11.4. The van der Waals surface area contributed by atoms with Crippen molar-refractivity contribution in [3.05, 3.63) is 48.6 Å². The Bertz CT molecular complexity index is 1330. The minimum Gasteiger partial charge on any atom is -0.462 e. The van der Waals surface area contributed by atoms with Gasteiger partial charge in [-0.2, -0.15) is 0 Å². The van der Waals surface area contributed by atoms with Crippen LogP contribution in [0.4, 0.5) is 0 Å². The molecule has 0 radical (unpaired) electrons. The van der Waals surface area contributed by atoms with Gasteiger partial charge in [0.25, 0.3) is 0 Å². The number of unbranched alkanes of at least 4 members (excludes halogenated alkanes) is 16. The summed E-state index contributed by atoms with van der Waals surface area (Å²) in [6.45, 7) is 3.89. The maximum atomic E-state index is 12.7. The molecule has 14 nitrogen and oxygen atoms in total. The van der Waals surface area contributed by atoms with Gasteiger partial charge < -0.3 is 34.4 Å². The number of hydrogen-bond donors (Lipinski definition) is 5. The van der Waals surface area contributed by atoms with Crippen molar-refractivity contribution in [1.82, 2.24) is 0 Å². The van der Waals surface area contributed by atoms with Gasteiger partial charge in [0.15, 0.2) is 6.10 Å². The summed E-state index contributed by atoms with van der Waals surface area (Å²) in [7, 11) is -9.75. The number of carbonyl (C=O) groups excluding carboxylic acids is 2. The average Bonchev–Trinajstić information content (AvgIpc) is 3.24. The molecular formula is C47H86O14P2. The molecule has 0 fully saturated rings. The van der Waals surface area contributed by atoms with E-state index in [9.17, 15) is 33.8 Å². The zero-order valence-corrected chi connectivity index (χ0v) is 40.7. The first-order valence-electron chi connectivity index (χ1n) is 23.8. The van der Waals surface area contributed by atoms with E-state index in [1.807, 2.05) is 12.2 Å². The molecule has 63 heavy (non-hydrogen) atoms. The van der Waals surface area contributed by atoms with Crippen LogP contribution in [0, 0.1) is 5.92 Å². The van der Waals surface area contributed by atoms with Crippen LogP contribution in [0.15, 0.2) is 48.6 Å². The second-order valence-electron chi connectivity index (χ2n) is 16.5. The highest BCUT2D eigenvalue weighted by Gasteiger charge is 2.28. The second kappa shape index (κ2) is 41.5. The van der Waals surface area contributed by atoms with E-state index in [-0.39, 0.29) is 25.7 Å². The van der Waals surface area contributed by atoms with E-state index >= 15 is 0 Å². The first kappa shape index (κ1) is 61.0. The van der Waals surface area contributed by atoms with Crippen molar-refractivity contribution in [3.8, 4) is 0 Å². The number of carbonyl (C=O) groups is 2. The molecule has 0 aromatic carbocycles. The normalized spacial score (nSPS) is 15.4. The zero-order chi connectivity index (χ0) is 46.9. The van der Waals surface area contributed by atoms with Crippen LogP contribution in [0.5, 0.6) is 0 Å². The Labute approximate surface area is 380 Å². The van der Waals surface area contributed by atoms with Crippen LogP contribution in [0.1, 0.15) is 188 Å². The highest BCUT2D eigenvalue weighted by molar-refractivity contribution is 7.47. The lowest BCUT2D eigenvalue weighted by Gasteiger charge is -2.20. The van der Waals surface area contributed by atoms with Gasteiger partial charge in [-0.25, -0.2) is 9.13 Å². The van der Waals surface area contributed by atoms with Gasteiger partial charge in [0.05, 0.1) is 25.9 Å². The fourth-order valence-electron chi connectivity index (χ4n) is 6.31. The van der Waals surface area contributed by atoms with Crippen LogP contribution >= 0.6 is 15.6 Å². The van der Waals surface area contributed by atoms with E-state index < -0.39 is 72.3 Å². The standard InChI is InChI=1S/C47H86O14P2/c1-4-6-7-8-9-10-11-14-18-21-24-27-30-34-43(48)35-32-37-47(51)61-45(41-60-63(55,56)59-39-44(49)38-58-62(52,53)54)40-57-46(50)36-31-28-25-22-19-16-13-12-15-17-20-23-26-29-33-42(3)5-2/h9-10,14,18,24,27,30,34,42-45,48-49H,4-8,11-13,15-17,19-23,25-26,28-29,31-33,35-41H2,1-3H3,(H,55,56)(H2,52,53,54)/b10-9-,18-14-,27-24-,34-30+/t42?,43-,44-,45+/m0/s1. The Morgan fingerprint density at radius 3 is 1.71 bits per heavy atom. The van der Waals surface area contributed by atoms with Crippen molar-refractivity contribution in [2.45, 2.75) is 206 Å². The number of hydrogen-bond acceptors (Lipinski definition) is 11. The second-order valence-corrected chi connectivity index (χ2v) is 19.2. The predicted molar refractivity (Wildman–Crippen MR) is 250 cm³/mol. The van der Waals surface area contributed by atoms with Crippen molar-refractivity contribution < 1.29 is 66.7 Å². The Morgan fingerprint density at radius 1 is 0.571 bits per heavy atom. The smallest absolute Gasteiger partial charge is 0.462 e. The van der Waals surface area contributed by atoms with Gasteiger partial charge in [-0.3, -0.25) is 23.2 Å². The number of allylic oxidation sites excluding steroid dienone is 7. The minimum absolute atomic E-state index is 0.0964. The molecule has 0 aromatic heterocycles. The quantitative estimate of drug-likeness (QED) is 0.0126. The minimum atomic E-state index is -4.89. The topological polar surface area (TPSA) is 216 Å². The highest BCUT2D eigenvalue weighted by atomic mass is 31.2. The third kappa shape index (κ3) is 45.0. The SMILES string of the molecule is CCCCC/C=C\C/C=C\C/C=C\C=C\[C@H](O)CCCC(=O)O[C@H](COC(=O)CCCCCCCCCCCCCCCCC(C)CC)COP(=O)(O)OC[C@@H](O)COP(=O)(O)O. The molecule has 0 saturated carbocycles. The molecule has 0 saturated heterocycles. The third-order valence-electron chi connectivity index (χ3n) is 10.4. The van der Waals surface area contributed by atoms with E-state index in [2.05, 4.69) is 54.1 Å². The van der Waals surface area contributed by atoms with Gasteiger partial charge in [-0.1, -0.05) is 179 Å². The molecule has 0 aliphatic carbocycles. The molecule has 0 aliphatic rings. The first-order chi connectivity index (χ1) is 30.2. The van der Waals surface area contributed by atoms with E-state index in [0.717, 1.165) is 44.4 Å². The van der Waals surface area contributed by atoms with Gasteiger partial charge >= 0.3 is 27.6 Å². The van der Waals surface area contributed by atoms with Crippen molar-refractivity contribution in [2.75, 3.05) is 26.4 Å². The largest absolute Gasteiger partial charge is 0.472 e. The molecule has 0 bridgehead atoms. The summed E-state index contributed by atoms with van der Waals surface area (Å²) >= 11 is 0. The number of phosphoric ester groups is 2. The molecule has 5 atom stereocenters. The summed E-state index contributed by atoms with van der Waals surface area (Å²) in [5.41, 5.74) is 0. The van der Waals surface area contributed by atoms with Crippen LogP contribution < -0.4 is 0 Å². The zero-order valence-electron chi connectivity index (χ0n) is 38.9. The Morgan fingerprint density at radius 2 is 1.11 bits per heavy atom. The Hall–Kier alpha value is -1.96. The lowest BCUT2D eigenvalue weighted by molar-refractivity contribution is -0.161. The number of aliphatic hydroxyl groups excluding tert-OH is 2. The average molecular weight is 937 g/mol. The van der Waals surface area contributed by atoms with Gasteiger partial charge in [-0.05, 0) is 50.9 Å². The molecule has 16 heteroatoms. The maximum absolute atomic E-state index is 12.7. The molecule has 0 rings (SSSR count). The molecular weight excluding hydrogens is 850 g/mol. The number of phosphoric acid groups is 2. The van der Waals surface area contributed by atoms with Crippen LogP contribution in [-0.4, -0.2) is 81.6 Å². The molecule has 0 spiro atoms. The lowest BCUT2D eigenvalue weighted by atomic mass is 9.99. The fourth-order valence-corrected chi connectivity index (χ4v) is 7.47. The van der Waals surface area contributed by atoms with E-state index in [1.165, 1.54) is 96.3 Å². The van der Waals surface area contributed by atoms with Crippen molar-refractivity contribution in [2.24, 2.45) is 5.92 Å². The van der Waals surface area contributed by atoms with E-state index in [4.69, 9.17) is 23.8 Å². The van der Waals surface area contributed by atoms with Gasteiger partial charge in [0, 0.05) is 12.8 Å². The molecule has 0 aromatic rings. The molecule has 368 valence electrons. The monoisotopic (exact) mass is 937 g/mol. The van der Waals surface area contributed by atoms with Crippen LogP contribution in [-0.2, 0) is 41.8 Å². The molecule has 2 unspecified atom stereocenters. The lowest BCUT2D eigenvalue weighted by Crippen LogP contribution is -2.30.